The highest BCUT2D eigenvalue weighted by Gasteiger charge is 2.20. The van der Waals surface area contributed by atoms with Gasteiger partial charge in [0.2, 0.25) is 11.8 Å². The molecule has 8 heteroatoms. The zero-order valence-corrected chi connectivity index (χ0v) is 17.5. The molecule has 0 saturated carbocycles. The number of esters is 1. The van der Waals surface area contributed by atoms with Crippen LogP contribution in [-0.2, 0) is 14.3 Å². The summed E-state index contributed by atoms with van der Waals surface area (Å²) in [5, 5.41) is 5.16. The third-order valence-corrected chi connectivity index (χ3v) is 4.67. The van der Waals surface area contributed by atoms with Gasteiger partial charge in [-0.25, -0.2) is 9.78 Å². The number of aromatic nitrogens is 1. The van der Waals surface area contributed by atoms with Crippen LogP contribution in [0.5, 0.6) is 0 Å². The number of oxazole rings is 1. The van der Waals surface area contributed by atoms with Crippen molar-refractivity contribution < 1.29 is 23.5 Å². The number of anilines is 1. The van der Waals surface area contributed by atoms with Gasteiger partial charge in [0.15, 0.2) is 12.3 Å². The maximum atomic E-state index is 12.3. The van der Waals surface area contributed by atoms with Crippen molar-refractivity contribution in [2.24, 2.45) is 0 Å². The molecule has 160 valence electrons. The smallest absolute Gasteiger partial charge is 0.361 e. The molecule has 0 atom stereocenters. The van der Waals surface area contributed by atoms with Crippen molar-refractivity contribution in [1.29, 1.82) is 0 Å². The number of hydrogen-bond donors (Lipinski definition) is 2. The van der Waals surface area contributed by atoms with Gasteiger partial charge in [-0.15, -0.1) is 0 Å². The number of benzene rings is 2. The number of rotatable bonds is 7. The lowest BCUT2D eigenvalue weighted by Gasteiger charge is -2.11. The number of hydrogen-bond acceptors (Lipinski definition) is 6. The van der Waals surface area contributed by atoms with E-state index in [4.69, 9.17) is 9.15 Å². The maximum Gasteiger partial charge on any atom is 0.361 e. The van der Waals surface area contributed by atoms with Gasteiger partial charge in [-0.1, -0.05) is 30.3 Å². The zero-order chi connectivity index (χ0) is 22.4. The summed E-state index contributed by atoms with van der Waals surface area (Å²) < 4.78 is 10.5. The van der Waals surface area contributed by atoms with E-state index in [9.17, 15) is 14.4 Å². The van der Waals surface area contributed by atoms with Crippen LogP contribution in [0.1, 0.15) is 27.4 Å². The van der Waals surface area contributed by atoms with E-state index >= 15 is 0 Å². The minimum Gasteiger partial charge on any atom is -0.451 e. The molecule has 2 N–H and O–H groups in total. The van der Waals surface area contributed by atoms with Crippen LogP contribution in [0.2, 0.25) is 0 Å². The predicted molar refractivity (Wildman–Crippen MR) is 115 cm³/mol. The van der Waals surface area contributed by atoms with Crippen LogP contribution in [0.15, 0.2) is 52.9 Å². The van der Waals surface area contributed by atoms with E-state index in [1.54, 1.807) is 25.1 Å². The number of nitrogens with one attached hydrogen (secondary N) is 2. The highest BCUT2D eigenvalue weighted by molar-refractivity contribution is 5.96. The molecule has 2 aromatic carbocycles. The third-order valence-electron chi connectivity index (χ3n) is 4.67. The van der Waals surface area contributed by atoms with E-state index in [1.807, 2.05) is 44.2 Å². The van der Waals surface area contributed by atoms with E-state index in [0.717, 1.165) is 16.7 Å². The van der Waals surface area contributed by atoms with Gasteiger partial charge < -0.3 is 19.8 Å². The molecule has 0 aliphatic heterocycles. The van der Waals surface area contributed by atoms with Gasteiger partial charge in [-0.3, -0.25) is 9.59 Å². The van der Waals surface area contributed by atoms with E-state index in [-0.39, 0.29) is 29.8 Å². The fraction of sp³-hybridized carbons (Fsp3) is 0.217. The molecular weight excluding hydrogens is 398 g/mol. The van der Waals surface area contributed by atoms with Crippen LogP contribution in [-0.4, -0.2) is 35.9 Å². The zero-order valence-electron chi connectivity index (χ0n) is 17.5. The Hall–Kier alpha value is -3.94. The van der Waals surface area contributed by atoms with Crippen LogP contribution < -0.4 is 10.6 Å². The average Bonchev–Trinajstić information content (AvgIpc) is 3.16. The topological polar surface area (TPSA) is 111 Å². The van der Waals surface area contributed by atoms with E-state index in [1.165, 1.54) is 0 Å². The molecule has 0 unspecified atom stereocenters. The highest BCUT2D eigenvalue weighted by atomic mass is 16.5. The lowest BCUT2D eigenvalue weighted by Crippen LogP contribution is -2.35. The molecule has 0 aliphatic carbocycles. The summed E-state index contributed by atoms with van der Waals surface area (Å²) in [4.78, 5) is 40.4. The molecule has 0 radical (unpaired) electrons. The van der Waals surface area contributed by atoms with Gasteiger partial charge >= 0.3 is 5.97 Å². The van der Waals surface area contributed by atoms with E-state index in [2.05, 4.69) is 15.6 Å². The van der Waals surface area contributed by atoms with E-state index in [0.29, 0.717) is 5.69 Å². The normalized spacial score (nSPS) is 10.4. The summed E-state index contributed by atoms with van der Waals surface area (Å²) in [5.41, 5.74) is 3.40. The largest absolute Gasteiger partial charge is 0.451 e. The first-order chi connectivity index (χ1) is 14.8. The van der Waals surface area contributed by atoms with Crippen molar-refractivity contribution in [2.45, 2.75) is 20.8 Å². The Labute approximate surface area is 179 Å². The molecule has 0 saturated heterocycles. The summed E-state index contributed by atoms with van der Waals surface area (Å²) in [6, 6.07) is 14.7. The molecule has 2 amide bonds. The quantitative estimate of drug-likeness (QED) is 0.567. The van der Waals surface area contributed by atoms with Crippen molar-refractivity contribution in [2.75, 3.05) is 18.5 Å². The molecule has 3 aromatic rings. The van der Waals surface area contributed by atoms with Gasteiger partial charge in [0, 0.05) is 11.3 Å². The molecule has 1 aromatic heterocycles. The van der Waals surface area contributed by atoms with Crippen LogP contribution >= 0.6 is 0 Å². The van der Waals surface area contributed by atoms with Gasteiger partial charge in [0.05, 0.1) is 6.54 Å². The molecular formula is C23H23N3O5. The van der Waals surface area contributed by atoms with Crippen LogP contribution in [0.25, 0.3) is 11.5 Å². The second-order valence-corrected chi connectivity index (χ2v) is 6.94. The summed E-state index contributed by atoms with van der Waals surface area (Å²) in [6.45, 7) is 4.65. The first-order valence-corrected chi connectivity index (χ1v) is 9.68. The molecule has 1 heterocycles. The summed E-state index contributed by atoms with van der Waals surface area (Å²) in [5.74, 6) is -1.18. The molecule has 3 rings (SSSR count). The van der Waals surface area contributed by atoms with Gasteiger partial charge in [-0.05, 0) is 50.1 Å². The molecule has 0 spiro atoms. The molecule has 31 heavy (non-hydrogen) atoms. The number of ether oxygens (including phenoxy) is 1. The van der Waals surface area contributed by atoms with Gasteiger partial charge in [0.25, 0.3) is 5.91 Å². The summed E-state index contributed by atoms with van der Waals surface area (Å²) >= 11 is 0. The highest BCUT2D eigenvalue weighted by Crippen LogP contribution is 2.22. The standard InChI is InChI=1S/C23H23N3O5/c1-14-8-7-11-18(15(14)2)25-19(27)12-24-20(28)13-30-23(29)21-16(3)31-22(26-21)17-9-5-4-6-10-17/h4-11H,12-13H2,1-3H3,(H,24,28)(H,25,27). The lowest BCUT2D eigenvalue weighted by atomic mass is 10.1. The fourth-order valence-corrected chi connectivity index (χ4v) is 2.80. The monoisotopic (exact) mass is 421 g/mol. The number of carbonyl (C=O) groups excluding carboxylic acids is 3. The van der Waals surface area contributed by atoms with Crippen molar-refractivity contribution in [3.8, 4) is 11.5 Å². The van der Waals surface area contributed by atoms with Crippen molar-refractivity contribution in [1.82, 2.24) is 10.3 Å². The van der Waals surface area contributed by atoms with Crippen molar-refractivity contribution in [3.05, 3.63) is 71.1 Å². The maximum absolute atomic E-state index is 12.3. The van der Waals surface area contributed by atoms with E-state index < -0.39 is 18.5 Å². The van der Waals surface area contributed by atoms with Crippen LogP contribution in [0.4, 0.5) is 5.69 Å². The molecule has 0 bridgehead atoms. The Morgan fingerprint density at radius 1 is 0.968 bits per heavy atom. The summed E-state index contributed by atoms with van der Waals surface area (Å²) in [7, 11) is 0. The van der Waals surface area contributed by atoms with Gasteiger partial charge in [0.1, 0.15) is 5.76 Å². The number of aryl methyl sites for hydroxylation is 2. The van der Waals surface area contributed by atoms with Gasteiger partial charge in [-0.2, -0.15) is 0 Å². The molecule has 0 fully saturated rings. The Bertz CT molecular complexity index is 1110. The second kappa shape index (κ2) is 9.71. The predicted octanol–water partition coefficient (Wildman–Crippen LogP) is 3.18. The molecule has 0 aliphatic rings. The van der Waals surface area contributed by atoms with Crippen molar-refractivity contribution in [3.63, 3.8) is 0 Å². The average molecular weight is 421 g/mol. The number of amides is 2. The van der Waals surface area contributed by atoms with Crippen molar-refractivity contribution >= 4 is 23.5 Å². The molecule has 8 nitrogen and oxygen atoms in total. The summed E-state index contributed by atoms with van der Waals surface area (Å²) in [6.07, 6.45) is 0. The lowest BCUT2D eigenvalue weighted by molar-refractivity contribution is -0.126. The minimum absolute atomic E-state index is 0.000631. The fourth-order valence-electron chi connectivity index (χ4n) is 2.80. The Morgan fingerprint density at radius 2 is 1.71 bits per heavy atom. The first kappa shape index (κ1) is 21.8. The SMILES string of the molecule is Cc1cccc(NC(=O)CNC(=O)COC(=O)c2nc(-c3ccccc3)oc2C)c1C. The third kappa shape index (κ3) is 5.57. The number of carbonyl (C=O) groups is 3. The Balaban J connectivity index is 1.48. The van der Waals surface area contributed by atoms with Crippen LogP contribution in [0, 0.1) is 20.8 Å². The second-order valence-electron chi connectivity index (χ2n) is 6.94. The number of nitrogens with zero attached hydrogens (tertiary/aromatic N) is 1. The Kier molecular flexibility index (Phi) is 6.81. The Morgan fingerprint density at radius 3 is 2.45 bits per heavy atom. The first-order valence-electron chi connectivity index (χ1n) is 9.68. The minimum atomic E-state index is -0.779. The van der Waals surface area contributed by atoms with Crippen LogP contribution in [0.3, 0.4) is 0 Å².